The van der Waals surface area contributed by atoms with Gasteiger partial charge in [0.25, 0.3) is 0 Å². The number of carbonyl (C=O) groups is 1. The van der Waals surface area contributed by atoms with Crippen molar-refractivity contribution in [2.45, 2.75) is 65.2 Å². The molecule has 0 fully saturated rings. The first kappa shape index (κ1) is 27.3. The first-order valence-corrected chi connectivity index (χ1v) is 12.5. The molecule has 5 rings (SSSR count). The Hall–Kier alpha value is -2.33. The summed E-state index contributed by atoms with van der Waals surface area (Å²) in [6.45, 7) is 12.5. The van der Waals surface area contributed by atoms with E-state index in [0.29, 0.717) is 0 Å². The molecule has 0 saturated heterocycles. The van der Waals surface area contributed by atoms with Gasteiger partial charge in [0.05, 0.1) is 5.76 Å². The van der Waals surface area contributed by atoms with E-state index >= 15 is 0 Å². The molecule has 0 unspecified atom stereocenters. The van der Waals surface area contributed by atoms with E-state index in [-0.39, 0.29) is 42.5 Å². The molecule has 35 heavy (non-hydrogen) atoms. The van der Waals surface area contributed by atoms with Crippen LogP contribution in [0.15, 0.2) is 60.5 Å². The van der Waals surface area contributed by atoms with Crippen LogP contribution in [0.2, 0.25) is 0 Å². The third-order valence-electron chi connectivity index (χ3n) is 6.71. The van der Waals surface area contributed by atoms with Crippen LogP contribution in [0, 0.1) is 6.07 Å². The van der Waals surface area contributed by atoms with Crippen molar-refractivity contribution in [1.29, 1.82) is 0 Å². The second-order valence-electron chi connectivity index (χ2n) is 10.4. The van der Waals surface area contributed by atoms with E-state index in [1.807, 2.05) is 29.7 Å². The molecule has 4 aromatic rings. The Morgan fingerprint density at radius 1 is 1.06 bits per heavy atom. The summed E-state index contributed by atoms with van der Waals surface area (Å²) < 4.78 is 2.65. The molecule has 2 aromatic heterocycles. The number of aliphatic hydroxyl groups excluding tert-OH is 1. The van der Waals surface area contributed by atoms with Crippen LogP contribution < -0.4 is 0 Å². The number of benzene rings is 2. The van der Waals surface area contributed by atoms with E-state index in [0.717, 1.165) is 11.3 Å². The average Bonchev–Trinajstić information content (AvgIpc) is 3.15. The third-order valence-corrected chi connectivity index (χ3v) is 7.89. The second-order valence-corrected chi connectivity index (χ2v) is 11.5. The number of carbonyl (C=O) groups excluding carboxylic acids is 1. The number of nitrogens with zero attached hydrogens (tertiary/aromatic N) is 1. The first-order chi connectivity index (χ1) is 16.0. The number of pyridine rings is 1. The van der Waals surface area contributed by atoms with Crippen LogP contribution in [-0.4, -0.2) is 15.9 Å². The minimum absolute atomic E-state index is 0. The monoisotopic (exact) mass is 663 g/mol. The molecule has 1 radical (unpaired) electrons. The van der Waals surface area contributed by atoms with Crippen molar-refractivity contribution >= 4 is 37.3 Å². The van der Waals surface area contributed by atoms with Crippen LogP contribution in [0.4, 0.5) is 0 Å². The zero-order valence-corrected chi connectivity index (χ0v) is 24.4. The molecular formula is C30H32IrNO2S-. The fraction of sp³-hybridized carbons (Fsp3) is 0.333. The Morgan fingerprint density at radius 2 is 1.77 bits per heavy atom. The second kappa shape index (κ2) is 10.3. The van der Waals surface area contributed by atoms with Gasteiger partial charge in [-0.25, -0.2) is 0 Å². The zero-order valence-electron chi connectivity index (χ0n) is 21.2. The number of fused-ring (bicyclic) bond motifs is 5. The first-order valence-electron chi connectivity index (χ1n) is 11.7. The zero-order chi connectivity index (χ0) is 24.7. The Bertz CT molecular complexity index is 1400. The number of allylic oxidation sites excluding steroid dienone is 2. The molecule has 5 heteroatoms. The van der Waals surface area contributed by atoms with Gasteiger partial charge in [-0.3, -0.25) is 4.79 Å². The molecule has 0 aliphatic heterocycles. The maximum Gasteiger partial charge on any atom is 0.155 e. The van der Waals surface area contributed by atoms with Gasteiger partial charge in [-0.05, 0) is 66.2 Å². The van der Waals surface area contributed by atoms with Gasteiger partial charge in [0.15, 0.2) is 5.78 Å². The number of aliphatic hydroxyl groups is 1. The molecule has 3 nitrogen and oxygen atoms in total. The predicted molar refractivity (Wildman–Crippen MR) is 144 cm³/mol. The van der Waals surface area contributed by atoms with Crippen molar-refractivity contribution in [1.82, 2.24) is 4.98 Å². The van der Waals surface area contributed by atoms with Gasteiger partial charge in [-0.1, -0.05) is 33.8 Å². The SMILES string of the molecule is CC(=O)/C=C(/C)O.CC1(C)CCC(C)(C)c2c1ccc1sc3c(-c4[c-]cccc4)nccc3c21.[Ir]. The molecule has 2 aromatic carbocycles. The fourth-order valence-corrected chi connectivity index (χ4v) is 6.18. The van der Waals surface area contributed by atoms with Crippen LogP contribution in [0.3, 0.4) is 0 Å². The molecule has 185 valence electrons. The molecule has 0 bridgehead atoms. The summed E-state index contributed by atoms with van der Waals surface area (Å²) in [5.74, 6) is -0.0625. The maximum atomic E-state index is 10.0. The van der Waals surface area contributed by atoms with Crippen LogP contribution in [0.25, 0.3) is 31.4 Å². The van der Waals surface area contributed by atoms with E-state index in [1.165, 1.54) is 58.5 Å². The Labute approximate surface area is 225 Å². The van der Waals surface area contributed by atoms with Gasteiger partial charge in [0.1, 0.15) is 0 Å². The largest absolute Gasteiger partial charge is 0.512 e. The number of rotatable bonds is 2. The topological polar surface area (TPSA) is 50.2 Å². The number of hydrogen-bond acceptors (Lipinski definition) is 4. The van der Waals surface area contributed by atoms with Crippen molar-refractivity contribution < 1.29 is 30.0 Å². The van der Waals surface area contributed by atoms with Gasteiger partial charge >= 0.3 is 0 Å². The quantitative estimate of drug-likeness (QED) is 0.134. The van der Waals surface area contributed by atoms with E-state index < -0.39 is 0 Å². The van der Waals surface area contributed by atoms with Crippen molar-refractivity contribution in [2.75, 3.05) is 0 Å². The van der Waals surface area contributed by atoms with E-state index in [1.54, 1.807) is 5.56 Å². The molecule has 1 N–H and O–H groups in total. The summed E-state index contributed by atoms with van der Waals surface area (Å²) in [6, 6.07) is 18.4. The normalized spacial score (nSPS) is 16.1. The standard InChI is InChI=1S/C25H24NS.C5H8O2.Ir/c1-24(2)13-14-25(3,4)21-18(24)10-11-19-20(21)17-12-15-26-22(23(17)27-19)16-8-6-5-7-9-16;1-4(6)3-5(2)7;/h5-8,10-12,15H,13-14H2,1-4H3;3,6H,1-2H3;/q-1;;/b;4-3-;. The molecule has 0 amide bonds. The average molecular weight is 663 g/mol. The predicted octanol–water partition coefficient (Wildman–Crippen LogP) is 8.30. The molecule has 0 spiro atoms. The minimum atomic E-state index is -0.125. The van der Waals surface area contributed by atoms with Gasteiger partial charge in [-0.2, -0.15) is 0 Å². The minimum Gasteiger partial charge on any atom is -0.512 e. The van der Waals surface area contributed by atoms with Crippen molar-refractivity contribution in [3.63, 3.8) is 0 Å². The van der Waals surface area contributed by atoms with Crippen molar-refractivity contribution in [3.05, 3.63) is 77.7 Å². The van der Waals surface area contributed by atoms with Gasteiger partial charge < -0.3 is 10.1 Å². The van der Waals surface area contributed by atoms with Crippen molar-refractivity contribution in [2.24, 2.45) is 0 Å². The summed E-state index contributed by atoms with van der Waals surface area (Å²) in [7, 11) is 0. The molecule has 0 saturated carbocycles. The van der Waals surface area contributed by atoms with E-state index in [2.05, 4.69) is 64.1 Å². The summed E-state index contributed by atoms with van der Waals surface area (Å²) >= 11 is 1.87. The van der Waals surface area contributed by atoms with Crippen LogP contribution >= 0.6 is 11.3 Å². The Morgan fingerprint density at radius 3 is 2.37 bits per heavy atom. The summed E-state index contributed by atoms with van der Waals surface area (Å²) in [4.78, 5) is 14.7. The Balaban J connectivity index is 0.000000378. The number of aromatic nitrogens is 1. The molecule has 1 aliphatic carbocycles. The van der Waals surface area contributed by atoms with Crippen LogP contribution in [-0.2, 0) is 35.7 Å². The van der Waals surface area contributed by atoms with Crippen molar-refractivity contribution in [3.8, 4) is 11.3 Å². The molecule has 1 aliphatic rings. The molecule has 0 atom stereocenters. The van der Waals surface area contributed by atoms with Gasteiger partial charge in [-0.15, -0.1) is 47.2 Å². The summed E-state index contributed by atoms with van der Waals surface area (Å²) in [5.41, 5.74) is 5.63. The summed E-state index contributed by atoms with van der Waals surface area (Å²) in [6.07, 6.45) is 5.60. The molecule has 2 heterocycles. The Kier molecular flexibility index (Phi) is 8.05. The van der Waals surface area contributed by atoms with E-state index in [4.69, 9.17) is 10.1 Å². The third kappa shape index (κ3) is 5.43. The number of thiophene rings is 1. The van der Waals surface area contributed by atoms with Gasteiger partial charge in [0.2, 0.25) is 0 Å². The number of hydrogen-bond donors (Lipinski definition) is 1. The van der Waals surface area contributed by atoms with Crippen LogP contribution in [0.5, 0.6) is 0 Å². The molecular weight excluding hydrogens is 631 g/mol. The van der Waals surface area contributed by atoms with E-state index in [9.17, 15) is 4.79 Å². The van der Waals surface area contributed by atoms with Gasteiger partial charge in [0, 0.05) is 52.9 Å². The van der Waals surface area contributed by atoms with Crippen LogP contribution in [0.1, 0.15) is 65.5 Å². The maximum absolute atomic E-state index is 10.0. The fourth-order valence-electron chi connectivity index (χ4n) is 4.97. The smallest absolute Gasteiger partial charge is 0.155 e. The number of ketones is 1. The summed E-state index contributed by atoms with van der Waals surface area (Å²) in [5, 5.41) is 11.2.